The van der Waals surface area contributed by atoms with Gasteiger partial charge < -0.3 is 9.84 Å². The molecule has 1 aromatic carbocycles. The topological polar surface area (TPSA) is 41.5 Å². The Kier molecular flexibility index (Phi) is 7.34. The van der Waals surface area contributed by atoms with E-state index in [4.69, 9.17) is 16.5 Å². The predicted octanol–water partition coefficient (Wildman–Crippen LogP) is 3.86. The van der Waals surface area contributed by atoms with Crippen molar-refractivity contribution in [3.8, 4) is 5.75 Å². The number of hydrogen-bond donors (Lipinski definition) is 2. The Bertz CT molecular complexity index is 408. The Hall–Kier alpha value is -0.770. The minimum Gasteiger partial charge on any atom is -0.493 e. The summed E-state index contributed by atoms with van der Waals surface area (Å²) in [7, 11) is 0. The molecule has 1 saturated carbocycles. The van der Waals surface area contributed by atoms with Crippen LogP contribution in [0, 0.1) is 5.92 Å². The first kappa shape index (κ1) is 16.6. The highest BCUT2D eigenvalue weighted by Crippen LogP contribution is 2.26. The summed E-state index contributed by atoms with van der Waals surface area (Å²) >= 11 is 5.50. The van der Waals surface area contributed by atoms with E-state index in [1.54, 1.807) is 0 Å². The number of aliphatic hydroxyl groups excluding tert-OH is 1. The van der Waals surface area contributed by atoms with Crippen LogP contribution in [0.1, 0.15) is 50.0 Å². The third-order valence-electron chi connectivity index (χ3n) is 4.35. The number of halogens is 1. The van der Waals surface area contributed by atoms with Crippen LogP contribution in [0.5, 0.6) is 5.75 Å². The van der Waals surface area contributed by atoms with Gasteiger partial charge in [0.05, 0.1) is 6.61 Å². The fourth-order valence-electron chi connectivity index (χ4n) is 3.02. The average Bonchev–Trinajstić information content (AvgIpc) is 2.55. The molecule has 1 aliphatic rings. The Morgan fingerprint density at radius 3 is 2.81 bits per heavy atom. The molecule has 0 spiro atoms. The minimum atomic E-state index is 0.106. The maximum absolute atomic E-state index is 9.52. The van der Waals surface area contributed by atoms with Crippen molar-refractivity contribution in [3.05, 3.63) is 29.8 Å². The third kappa shape index (κ3) is 5.50. The lowest BCUT2D eigenvalue weighted by atomic mass is 9.90. The number of benzene rings is 1. The van der Waals surface area contributed by atoms with Gasteiger partial charge in [-0.25, -0.2) is 4.84 Å². The molecule has 0 radical (unpaired) electrons. The molecular formula is C17H26ClNO2. The summed E-state index contributed by atoms with van der Waals surface area (Å²) in [5, 5.41) is 9.52. The summed E-state index contributed by atoms with van der Waals surface area (Å²) in [6.45, 7) is 1.63. The van der Waals surface area contributed by atoms with Crippen LogP contribution < -0.4 is 9.57 Å². The fraction of sp³-hybridized carbons (Fsp3) is 0.647. The molecule has 3 nitrogen and oxygen atoms in total. The van der Waals surface area contributed by atoms with Crippen LogP contribution in [0.3, 0.4) is 0 Å². The highest BCUT2D eigenvalue weighted by atomic mass is 35.5. The number of hydrogen-bond acceptors (Lipinski definition) is 3. The zero-order chi connectivity index (χ0) is 14.9. The summed E-state index contributed by atoms with van der Waals surface area (Å²) in [6, 6.07) is 8.10. The van der Waals surface area contributed by atoms with Crippen LogP contribution in [0.4, 0.5) is 0 Å². The average molecular weight is 312 g/mol. The van der Waals surface area contributed by atoms with Crippen LogP contribution in [-0.4, -0.2) is 24.9 Å². The lowest BCUT2D eigenvalue weighted by molar-refractivity contribution is 0.208. The maximum atomic E-state index is 9.52. The lowest BCUT2D eigenvalue weighted by Crippen LogP contribution is -2.15. The molecule has 21 heavy (non-hydrogen) atoms. The second-order valence-electron chi connectivity index (χ2n) is 5.94. The van der Waals surface area contributed by atoms with E-state index in [0.29, 0.717) is 12.5 Å². The van der Waals surface area contributed by atoms with Gasteiger partial charge in [-0.05, 0) is 54.7 Å². The van der Waals surface area contributed by atoms with Crippen LogP contribution >= 0.6 is 11.8 Å². The van der Waals surface area contributed by atoms with Gasteiger partial charge in [0.1, 0.15) is 5.75 Å². The molecule has 1 aromatic rings. The Morgan fingerprint density at radius 1 is 1.29 bits per heavy atom. The quantitative estimate of drug-likeness (QED) is 0.716. The number of rotatable bonds is 8. The predicted molar refractivity (Wildman–Crippen MR) is 86.8 cm³/mol. The Balaban J connectivity index is 1.89. The van der Waals surface area contributed by atoms with Crippen LogP contribution in [0.2, 0.25) is 0 Å². The van der Waals surface area contributed by atoms with E-state index in [-0.39, 0.29) is 12.5 Å². The Morgan fingerprint density at radius 2 is 2.10 bits per heavy atom. The molecule has 0 heterocycles. The van der Waals surface area contributed by atoms with Crippen molar-refractivity contribution < 1.29 is 9.84 Å². The van der Waals surface area contributed by atoms with Gasteiger partial charge in [0.15, 0.2) is 0 Å². The van der Waals surface area contributed by atoms with E-state index in [1.165, 1.54) is 32.1 Å². The molecule has 1 aliphatic carbocycles. The summed E-state index contributed by atoms with van der Waals surface area (Å²) < 4.78 is 5.96. The van der Waals surface area contributed by atoms with Crippen molar-refractivity contribution in [2.45, 2.75) is 44.4 Å². The molecule has 1 atom stereocenters. The van der Waals surface area contributed by atoms with Gasteiger partial charge in [0.25, 0.3) is 0 Å². The second-order valence-corrected chi connectivity index (χ2v) is 6.21. The SMILES string of the molecule is OCC(CCNCl)c1cccc(OCC2CCCCC2)c1. The Labute approximate surface area is 132 Å². The van der Waals surface area contributed by atoms with Crippen LogP contribution in [0.15, 0.2) is 24.3 Å². The van der Waals surface area contributed by atoms with Gasteiger partial charge in [0.2, 0.25) is 0 Å². The molecular weight excluding hydrogens is 286 g/mol. The molecule has 4 heteroatoms. The van der Waals surface area contributed by atoms with E-state index in [1.807, 2.05) is 18.2 Å². The van der Waals surface area contributed by atoms with E-state index >= 15 is 0 Å². The normalized spacial score (nSPS) is 17.6. The molecule has 2 rings (SSSR count). The van der Waals surface area contributed by atoms with E-state index in [9.17, 15) is 5.11 Å². The van der Waals surface area contributed by atoms with E-state index in [2.05, 4.69) is 10.9 Å². The highest BCUT2D eigenvalue weighted by molar-refractivity contribution is 6.13. The zero-order valence-corrected chi connectivity index (χ0v) is 13.3. The summed E-state index contributed by atoms with van der Waals surface area (Å²) in [5.74, 6) is 1.72. The first-order chi connectivity index (χ1) is 10.3. The molecule has 2 N–H and O–H groups in total. The minimum absolute atomic E-state index is 0.106. The number of nitrogens with one attached hydrogen (secondary N) is 1. The largest absolute Gasteiger partial charge is 0.493 e. The van der Waals surface area contributed by atoms with Gasteiger partial charge in [-0.3, -0.25) is 0 Å². The van der Waals surface area contributed by atoms with Crippen molar-refractivity contribution >= 4 is 11.8 Å². The van der Waals surface area contributed by atoms with Gasteiger partial charge in [0, 0.05) is 19.1 Å². The zero-order valence-electron chi connectivity index (χ0n) is 12.6. The summed E-state index contributed by atoms with van der Waals surface area (Å²) in [6.07, 6.45) is 7.45. The highest BCUT2D eigenvalue weighted by Gasteiger charge is 2.15. The lowest BCUT2D eigenvalue weighted by Gasteiger charge is -2.22. The first-order valence-corrected chi connectivity index (χ1v) is 8.38. The molecule has 1 fully saturated rings. The number of aliphatic hydroxyl groups is 1. The standard InChI is InChI=1S/C17H26ClNO2/c18-19-10-9-16(12-20)15-7-4-8-17(11-15)21-13-14-5-2-1-3-6-14/h4,7-8,11,14,16,19-20H,1-3,5-6,9-10,12-13H2. The van der Waals surface area contributed by atoms with Crippen molar-refractivity contribution in [2.24, 2.45) is 5.92 Å². The van der Waals surface area contributed by atoms with Crippen LogP contribution in [-0.2, 0) is 0 Å². The van der Waals surface area contributed by atoms with E-state index < -0.39 is 0 Å². The monoisotopic (exact) mass is 311 g/mol. The van der Waals surface area contributed by atoms with Crippen LogP contribution in [0.25, 0.3) is 0 Å². The maximum Gasteiger partial charge on any atom is 0.119 e. The van der Waals surface area contributed by atoms with Gasteiger partial charge in [-0.15, -0.1) is 0 Å². The molecule has 0 bridgehead atoms. The van der Waals surface area contributed by atoms with Gasteiger partial charge >= 0.3 is 0 Å². The number of ether oxygens (including phenoxy) is 1. The van der Waals surface area contributed by atoms with E-state index in [0.717, 1.165) is 24.3 Å². The molecule has 0 aliphatic heterocycles. The van der Waals surface area contributed by atoms with Crippen molar-refractivity contribution in [2.75, 3.05) is 19.8 Å². The third-order valence-corrected chi connectivity index (χ3v) is 4.54. The summed E-state index contributed by atoms with van der Waals surface area (Å²) in [5.41, 5.74) is 1.12. The van der Waals surface area contributed by atoms with Crippen molar-refractivity contribution in [1.29, 1.82) is 0 Å². The van der Waals surface area contributed by atoms with Crippen molar-refractivity contribution in [1.82, 2.24) is 4.84 Å². The van der Waals surface area contributed by atoms with Crippen molar-refractivity contribution in [3.63, 3.8) is 0 Å². The smallest absolute Gasteiger partial charge is 0.119 e. The molecule has 0 aromatic heterocycles. The van der Waals surface area contributed by atoms with Gasteiger partial charge in [-0.1, -0.05) is 31.4 Å². The molecule has 0 amide bonds. The molecule has 1 unspecified atom stereocenters. The fourth-order valence-corrected chi connectivity index (χ4v) is 3.13. The summed E-state index contributed by atoms with van der Waals surface area (Å²) in [4.78, 5) is 2.61. The first-order valence-electron chi connectivity index (χ1n) is 8.00. The molecule has 0 saturated heterocycles. The van der Waals surface area contributed by atoms with Gasteiger partial charge in [-0.2, -0.15) is 0 Å². The second kappa shape index (κ2) is 9.29. The molecule has 118 valence electrons.